The molecule has 0 saturated carbocycles. The number of carbonyl (C=O) groups excluding carboxylic acids is 1. The van der Waals surface area contributed by atoms with Crippen molar-refractivity contribution in [1.82, 2.24) is 5.32 Å². The number of hydrogen-bond donors (Lipinski definition) is 1. The van der Waals surface area contributed by atoms with Gasteiger partial charge in [-0.1, -0.05) is 6.92 Å². The highest BCUT2D eigenvalue weighted by molar-refractivity contribution is 7.99. The number of carbonyl (C=O) groups is 1. The van der Waals surface area contributed by atoms with Crippen molar-refractivity contribution in [1.29, 1.82) is 0 Å². The van der Waals surface area contributed by atoms with Crippen molar-refractivity contribution in [2.24, 2.45) is 0 Å². The van der Waals surface area contributed by atoms with E-state index in [4.69, 9.17) is 0 Å². The smallest absolute Gasteiger partial charge is 0.305 e. The first-order chi connectivity index (χ1) is 7.24. The second-order valence-electron chi connectivity index (χ2n) is 3.96. The summed E-state index contributed by atoms with van der Waals surface area (Å²) in [5.41, 5.74) is 0. The average Bonchev–Trinajstić information content (AvgIpc) is 2.26. The van der Waals surface area contributed by atoms with Crippen molar-refractivity contribution in [2.75, 3.05) is 19.4 Å². The van der Waals surface area contributed by atoms with E-state index >= 15 is 0 Å². The predicted octanol–water partition coefficient (Wildman–Crippen LogP) is 1.81. The fourth-order valence-electron chi connectivity index (χ4n) is 1.81. The minimum Gasteiger partial charge on any atom is -0.469 e. The summed E-state index contributed by atoms with van der Waals surface area (Å²) >= 11 is 2.04. The molecule has 1 aliphatic rings. The van der Waals surface area contributed by atoms with E-state index in [1.54, 1.807) is 0 Å². The van der Waals surface area contributed by atoms with Crippen LogP contribution in [0.4, 0.5) is 0 Å². The Bertz CT molecular complexity index is 199. The van der Waals surface area contributed by atoms with E-state index < -0.39 is 0 Å². The minimum absolute atomic E-state index is 0.108. The first kappa shape index (κ1) is 12.8. The van der Waals surface area contributed by atoms with Crippen LogP contribution in [0, 0.1) is 0 Å². The first-order valence-electron chi connectivity index (χ1n) is 5.66. The number of esters is 1. The van der Waals surface area contributed by atoms with E-state index in [0.717, 1.165) is 13.0 Å². The van der Waals surface area contributed by atoms with Gasteiger partial charge in [0.15, 0.2) is 0 Å². The molecule has 88 valence electrons. The molecule has 0 aromatic heterocycles. The largest absolute Gasteiger partial charge is 0.469 e. The molecule has 1 aliphatic heterocycles. The lowest BCUT2D eigenvalue weighted by atomic mass is 10.1. The number of rotatable bonds is 5. The second-order valence-corrected chi connectivity index (χ2v) is 5.44. The van der Waals surface area contributed by atoms with E-state index in [1.165, 1.54) is 25.7 Å². The van der Waals surface area contributed by atoms with Crippen LogP contribution in [0.15, 0.2) is 0 Å². The zero-order valence-electron chi connectivity index (χ0n) is 9.62. The fraction of sp³-hybridized carbons (Fsp3) is 0.909. The number of methoxy groups -OCH3 is 1. The Labute approximate surface area is 96.3 Å². The van der Waals surface area contributed by atoms with Crippen LogP contribution in [0.2, 0.25) is 0 Å². The van der Waals surface area contributed by atoms with Crippen LogP contribution < -0.4 is 5.32 Å². The van der Waals surface area contributed by atoms with Gasteiger partial charge in [0.2, 0.25) is 0 Å². The highest BCUT2D eigenvalue weighted by Crippen LogP contribution is 2.24. The normalized spacial score (nSPS) is 26.3. The maximum absolute atomic E-state index is 10.9. The van der Waals surface area contributed by atoms with Gasteiger partial charge in [-0.15, -0.1) is 0 Å². The van der Waals surface area contributed by atoms with Crippen molar-refractivity contribution < 1.29 is 9.53 Å². The topological polar surface area (TPSA) is 38.3 Å². The molecule has 0 bridgehead atoms. The maximum atomic E-state index is 10.9. The second kappa shape index (κ2) is 7.12. The molecular formula is C11H21NO2S. The maximum Gasteiger partial charge on any atom is 0.305 e. The van der Waals surface area contributed by atoms with Crippen molar-refractivity contribution in [3.63, 3.8) is 0 Å². The van der Waals surface area contributed by atoms with Gasteiger partial charge in [-0.3, -0.25) is 4.79 Å². The Morgan fingerprint density at radius 1 is 1.60 bits per heavy atom. The molecular weight excluding hydrogens is 210 g/mol. The molecule has 2 atom stereocenters. The number of ether oxygens (including phenoxy) is 1. The Balaban J connectivity index is 2.06. The molecule has 0 aliphatic carbocycles. The molecule has 0 amide bonds. The minimum atomic E-state index is -0.108. The van der Waals surface area contributed by atoms with Crippen molar-refractivity contribution in [3.05, 3.63) is 0 Å². The molecule has 0 aromatic rings. The number of thioether (sulfide) groups is 1. The summed E-state index contributed by atoms with van der Waals surface area (Å²) in [6, 6.07) is 0.626. The van der Waals surface area contributed by atoms with Crippen molar-refractivity contribution in [2.45, 2.75) is 43.9 Å². The first-order valence-corrected chi connectivity index (χ1v) is 6.70. The van der Waals surface area contributed by atoms with Crippen molar-refractivity contribution >= 4 is 17.7 Å². The highest BCUT2D eigenvalue weighted by atomic mass is 32.2. The van der Waals surface area contributed by atoms with Crippen LogP contribution in [0.5, 0.6) is 0 Å². The van der Waals surface area contributed by atoms with Gasteiger partial charge in [0, 0.05) is 17.7 Å². The number of hydrogen-bond acceptors (Lipinski definition) is 4. The third kappa shape index (κ3) is 4.89. The summed E-state index contributed by atoms with van der Waals surface area (Å²) in [5, 5.41) is 4.23. The third-order valence-electron chi connectivity index (χ3n) is 2.80. The van der Waals surface area contributed by atoms with Crippen LogP contribution in [-0.2, 0) is 9.53 Å². The standard InChI is InChI=1S/C11H21NO2S/c1-9-10(5-4-8-15-9)12-7-3-6-11(13)14-2/h9-10,12H,3-8H2,1-2H3. The summed E-state index contributed by atoms with van der Waals surface area (Å²) in [4.78, 5) is 10.9. The molecule has 1 saturated heterocycles. The molecule has 1 N–H and O–H groups in total. The zero-order valence-corrected chi connectivity index (χ0v) is 10.4. The Morgan fingerprint density at radius 3 is 3.07 bits per heavy atom. The van der Waals surface area contributed by atoms with Gasteiger partial charge in [-0.05, 0) is 31.6 Å². The van der Waals surface area contributed by atoms with Gasteiger partial charge in [0.1, 0.15) is 0 Å². The summed E-state index contributed by atoms with van der Waals surface area (Å²) in [7, 11) is 1.44. The van der Waals surface area contributed by atoms with Gasteiger partial charge < -0.3 is 10.1 Å². The third-order valence-corrected chi connectivity index (χ3v) is 4.18. The highest BCUT2D eigenvalue weighted by Gasteiger charge is 2.20. The van der Waals surface area contributed by atoms with Crippen LogP contribution in [0.25, 0.3) is 0 Å². The van der Waals surface area contributed by atoms with Crippen LogP contribution in [-0.4, -0.2) is 36.7 Å². The number of nitrogens with one attached hydrogen (secondary N) is 1. The lowest BCUT2D eigenvalue weighted by molar-refractivity contribution is -0.140. The van der Waals surface area contributed by atoms with E-state index in [-0.39, 0.29) is 5.97 Å². The SMILES string of the molecule is COC(=O)CCCNC1CCCSC1C. The van der Waals surface area contributed by atoms with E-state index in [9.17, 15) is 4.79 Å². The molecule has 4 heteroatoms. The Morgan fingerprint density at radius 2 is 2.40 bits per heavy atom. The van der Waals surface area contributed by atoms with Crippen molar-refractivity contribution in [3.8, 4) is 0 Å². The molecule has 0 radical (unpaired) electrons. The summed E-state index contributed by atoms with van der Waals surface area (Å²) in [6.07, 6.45) is 3.98. The summed E-state index contributed by atoms with van der Waals surface area (Å²) < 4.78 is 4.59. The average molecular weight is 231 g/mol. The molecule has 1 heterocycles. The fourth-order valence-corrected chi connectivity index (χ4v) is 2.98. The van der Waals surface area contributed by atoms with Gasteiger partial charge in [0.05, 0.1) is 7.11 Å². The van der Waals surface area contributed by atoms with Gasteiger partial charge in [0.25, 0.3) is 0 Å². The van der Waals surface area contributed by atoms with Gasteiger partial charge in [-0.25, -0.2) is 0 Å². The summed E-state index contributed by atoms with van der Waals surface area (Å²) in [5.74, 6) is 1.18. The zero-order chi connectivity index (χ0) is 11.1. The molecule has 15 heavy (non-hydrogen) atoms. The molecule has 1 fully saturated rings. The molecule has 3 nitrogen and oxygen atoms in total. The monoisotopic (exact) mass is 231 g/mol. The van der Waals surface area contributed by atoms with E-state index in [0.29, 0.717) is 17.7 Å². The molecule has 2 unspecified atom stereocenters. The predicted molar refractivity (Wildman–Crippen MR) is 64.2 cm³/mol. The molecule has 0 spiro atoms. The van der Waals surface area contributed by atoms with Crippen LogP contribution in [0.1, 0.15) is 32.6 Å². The Hall–Kier alpha value is -0.220. The Kier molecular flexibility index (Phi) is 6.10. The van der Waals surface area contributed by atoms with Crippen LogP contribution >= 0.6 is 11.8 Å². The van der Waals surface area contributed by atoms with Crippen LogP contribution in [0.3, 0.4) is 0 Å². The lowest BCUT2D eigenvalue weighted by Crippen LogP contribution is -2.39. The quantitative estimate of drug-likeness (QED) is 0.578. The molecule has 1 rings (SSSR count). The van der Waals surface area contributed by atoms with Gasteiger partial charge in [-0.2, -0.15) is 11.8 Å². The lowest BCUT2D eigenvalue weighted by Gasteiger charge is -2.29. The van der Waals surface area contributed by atoms with Gasteiger partial charge >= 0.3 is 5.97 Å². The summed E-state index contributed by atoms with van der Waals surface area (Å²) in [6.45, 7) is 3.20. The van der Waals surface area contributed by atoms with E-state index in [1.807, 2.05) is 11.8 Å². The van der Waals surface area contributed by atoms with E-state index in [2.05, 4.69) is 17.0 Å². The molecule has 0 aromatic carbocycles.